The van der Waals surface area contributed by atoms with Crippen molar-refractivity contribution in [1.29, 1.82) is 0 Å². The molecule has 0 bridgehead atoms. The highest BCUT2D eigenvalue weighted by Crippen LogP contribution is 2.37. The number of nitrogens with zero attached hydrogens (tertiary/aromatic N) is 4. The van der Waals surface area contributed by atoms with Crippen LogP contribution in [0.4, 0.5) is 0 Å². The van der Waals surface area contributed by atoms with E-state index in [1.54, 1.807) is 15.8 Å². The molecule has 0 saturated carbocycles. The Morgan fingerprint density at radius 2 is 1.62 bits per heavy atom. The number of likely N-dealkylation sites (tertiary alicyclic amines) is 2. The molecule has 2 fully saturated rings. The molecule has 29 heavy (non-hydrogen) atoms. The Morgan fingerprint density at radius 3 is 2.24 bits per heavy atom. The molecule has 1 aromatic heterocycles. The summed E-state index contributed by atoms with van der Waals surface area (Å²) >= 11 is 0. The van der Waals surface area contributed by atoms with E-state index in [1.165, 1.54) is 4.90 Å². The van der Waals surface area contributed by atoms with Crippen molar-refractivity contribution >= 4 is 17.7 Å². The summed E-state index contributed by atoms with van der Waals surface area (Å²) in [5.41, 5.74) is 2.22. The summed E-state index contributed by atoms with van der Waals surface area (Å²) in [5, 5.41) is 4.36. The third-order valence-electron chi connectivity index (χ3n) is 6.30. The summed E-state index contributed by atoms with van der Waals surface area (Å²) in [6, 6.07) is 9.44. The number of rotatable bonds is 3. The van der Waals surface area contributed by atoms with E-state index >= 15 is 0 Å². The monoisotopic (exact) mass is 390 g/mol. The fourth-order valence-electron chi connectivity index (χ4n) is 4.59. The molecule has 0 radical (unpaired) electrons. The number of hydrogen-bond acceptors (Lipinski definition) is 4. The highest BCUT2D eigenvalue weighted by atomic mass is 16.2. The minimum absolute atomic E-state index is 0.0745. The van der Waals surface area contributed by atoms with Crippen molar-refractivity contribution in [3.63, 3.8) is 0 Å². The van der Waals surface area contributed by atoms with Crippen molar-refractivity contribution in [3.05, 3.63) is 59.9 Å². The van der Waals surface area contributed by atoms with Gasteiger partial charge in [0.25, 0.3) is 5.91 Å². The first-order chi connectivity index (χ1) is 14.1. The molecule has 2 aliphatic heterocycles. The normalized spacial score (nSPS) is 24.0. The standard InChI is InChI=1S/C22H22N4O3/c1-14-19(11-23-26(14)15-7-3-2-4-8-15)20(27)24-12-16(13-24)25-21(28)17-9-5-6-10-18(17)22(25)29/h2-8,11,16-18H,9-10,12-13H2,1H3/t17-,18-/m1/s1. The van der Waals surface area contributed by atoms with Crippen molar-refractivity contribution < 1.29 is 14.4 Å². The molecule has 3 aliphatic rings. The molecule has 7 heteroatoms. The number of carbonyl (C=O) groups is 3. The minimum Gasteiger partial charge on any atom is -0.334 e. The van der Waals surface area contributed by atoms with Crippen LogP contribution in [-0.2, 0) is 9.59 Å². The number of benzene rings is 1. The largest absolute Gasteiger partial charge is 0.334 e. The molecule has 1 aromatic carbocycles. The molecule has 2 atom stereocenters. The third kappa shape index (κ3) is 2.72. The number of para-hydroxylation sites is 1. The molecule has 3 heterocycles. The van der Waals surface area contributed by atoms with Crippen molar-refractivity contribution in [2.45, 2.75) is 25.8 Å². The van der Waals surface area contributed by atoms with Crippen molar-refractivity contribution in [2.75, 3.05) is 13.1 Å². The molecule has 5 rings (SSSR count). The van der Waals surface area contributed by atoms with E-state index in [1.807, 2.05) is 49.4 Å². The van der Waals surface area contributed by atoms with E-state index in [9.17, 15) is 14.4 Å². The first-order valence-electron chi connectivity index (χ1n) is 9.97. The maximum absolute atomic E-state index is 12.9. The average Bonchev–Trinajstić information content (AvgIpc) is 3.21. The van der Waals surface area contributed by atoms with Gasteiger partial charge in [-0.3, -0.25) is 19.3 Å². The molecule has 0 unspecified atom stereocenters. The van der Waals surface area contributed by atoms with Crippen LogP contribution in [0.15, 0.2) is 48.7 Å². The Labute approximate surface area is 168 Å². The molecule has 2 saturated heterocycles. The lowest BCUT2D eigenvalue weighted by Gasteiger charge is -2.43. The van der Waals surface area contributed by atoms with Crippen LogP contribution >= 0.6 is 0 Å². The maximum Gasteiger partial charge on any atom is 0.257 e. The Balaban J connectivity index is 1.28. The Bertz CT molecular complexity index is 994. The van der Waals surface area contributed by atoms with Crippen LogP contribution in [0.25, 0.3) is 5.69 Å². The van der Waals surface area contributed by atoms with E-state index in [-0.39, 0.29) is 35.6 Å². The lowest BCUT2D eigenvalue weighted by Crippen LogP contribution is -2.62. The van der Waals surface area contributed by atoms with Crippen LogP contribution in [0.1, 0.15) is 28.9 Å². The molecule has 0 spiro atoms. The first kappa shape index (κ1) is 17.8. The average molecular weight is 390 g/mol. The second-order valence-corrected chi connectivity index (χ2v) is 7.96. The predicted octanol–water partition coefficient (Wildman–Crippen LogP) is 1.96. The van der Waals surface area contributed by atoms with Crippen LogP contribution in [0.3, 0.4) is 0 Å². The summed E-state index contributed by atoms with van der Waals surface area (Å²) in [5.74, 6) is -0.699. The van der Waals surface area contributed by atoms with Gasteiger partial charge in [-0.25, -0.2) is 4.68 Å². The zero-order chi connectivity index (χ0) is 20.1. The molecule has 2 aromatic rings. The molecular formula is C22H22N4O3. The number of fused-ring (bicyclic) bond motifs is 1. The minimum atomic E-state index is -0.219. The lowest BCUT2D eigenvalue weighted by molar-refractivity contribution is -0.145. The van der Waals surface area contributed by atoms with Gasteiger partial charge in [-0.2, -0.15) is 5.10 Å². The summed E-state index contributed by atoms with van der Waals surface area (Å²) in [6.07, 6.45) is 6.83. The number of amides is 3. The van der Waals surface area contributed by atoms with E-state index in [0.29, 0.717) is 31.5 Å². The van der Waals surface area contributed by atoms with Gasteiger partial charge >= 0.3 is 0 Å². The van der Waals surface area contributed by atoms with E-state index < -0.39 is 0 Å². The molecule has 0 N–H and O–H groups in total. The lowest BCUT2D eigenvalue weighted by atomic mass is 9.85. The maximum atomic E-state index is 12.9. The number of aromatic nitrogens is 2. The fraction of sp³-hybridized carbons (Fsp3) is 0.364. The SMILES string of the molecule is Cc1c(C(=O)N2CC(N3C(=O)[C@@H]4CC=CC[C@H]4C3=O)C2)cnn1-c1ccccc1. The Kier molecular flexibility index (Phi) is 4.12. The molecule has 7 nitrogen and oxygen atoms in total. The van der Waals surface area contributed by atoms with Crippen LogP contribution in [0.2, 0.25) is 0 Å². The van der Waals surface area contributed by atoms with Crippen molar-refractivity contribution in [1.82, 2.24) is 19.6 Å². The highest BCUT2D eigenvalue weighted by Gasteiger charge is 2.52. The van der Waals surface area contributed by atoms with Crippen LogP contribution in [0.5, 0.6) is 0 Å². The van der Waals surface area contributed by atoms with Crippen LogP contribution < -0.4 is 0 Å². The second kappa shape index (κ2) is 6.69. The van der Waals surface area contributed by atoms with Gasteiger partial charge in [0.2, 0.25) is 11.8 Å². The number of carbonyl (C=O) groups excluding carboxylic acids is 3. The van der Waals surface area contributed by atoms with E-state index in [4.69, 9.17) is 0 Å². The molecule has 148 valence electrons. The van der Waals surface area contributed by atoms with Crippen molar-refractivity contribution in [2.24, 2.45) is 11.8 Å². The summed E-state index contributed by atoms with van der Waals surface area (Å²) in [6.45, 7) is 2.65. The number of allylic oxidation sites excluding steroid dienone is 2. The smallest absolute Gasteiger partial charge is 0.257 e. The van der Waals surface area contributed by atoms with Gasteiger partial charge in [-0.1, -0.05) is 30.4 Å². The van der Waals surface area contributed by atoms with E-state index in [0.717, 1.165) is 11.4 Å². The number of imide groups is 1. The van der Waals surface area contributed by atoms with Gasteiger partial charge in [-0.05, 0) is 31.9 Å². The fourth-order valence-corrected chi connectivity index (χ4v) is 4.59. The van der Waals surface area contributed by atoms with E-state index in [2.05, 4.69) is 5.10 Å². The van der Waals surface area contributed by atoms with Gasteiger partial charge in [0.05, 0.1) is 41.0 Å². The van der Waals surface area contributed by atoms with Gasteiger partial charge in [-0.15, -0.1) is 0 Å². The highest BCUT2D eigenvalue weighted by molar-refractivity contribution is 6.06. The molecular weight excluding hydrogens is 368 g/mol. The van der Waals surface area contributed by atoms with Crippen molar-refractivity contribution in [3.8, 4) is 5.69 Å². The Hall–Kier alpha value is -3.22. The van der Waals surface area contributed by atoms with Gasteiger partial charge in [0, 0.05) is 13.1 Å². The van der Waals surface area contributed by atoms with Crippen LogP contribution in [0, 0.1) is 18.8 Å². The molecule has 1 aliphatic carbocycles. The van der Waals surface area contributed by atoms with Crippen LogP contribution in [-0.4, -0.2) is 56.4 Å². The summed E-state index contributed by atoms with van der Waals surface area (Å²) < 4.78 is 1.75. The zero-order valence-corrected chi connectivity index (χ0v) is 16.2. The van der Waals surface area contributed by atoms with Gasteiger partial charge < -0.3 is 4.90 Å². The van der Waals surface area contributed by atoms with Gasteiger partial charge in [0.1, 0.15) is 0 Å². The number of hydrogen-bond donors (Lipinski definition) is 0. The molecule has 3 amide bonds. The second-order valence-electron chi connectivity index (χ2n) is 7.96. The quantitative estimate of drug-likeness (QED) is 0.593. The first-order valence-corrected chi connectivity index (χ1v) is 9.97. The topological polar surface area (TPSA) is 75.5 Å². The summed E-state index contributed by atoms with van der Waals surface area (Å²) in [7, 11) is 0. The predicted molar refractivity (Wildman–Crippen MR) is 105 cm³/mol. The third-order valence-corrected chi connectivity index (χ3v) is 6.30. The zero-order valence-electron chi connectivity index (χ0n) is 16.2. The van der Waals surface area contributed by atoms with Gasteiger partial charge in [0.15, 0.2) is 0 Å². The summed E-state index contributed by atoms with van der Waals surface area (Å²) in [4.78, 5) is 41.4. The Morgan fingerprint density at radius 1 is 1.00 bits per heavy atom.